The molecule has 0 unspecified atom stereocenters. The molecule has 0 aliphatic carbocycles. The Hall–Kier alpha value is -1.90. The minimum Gasteiger partial charge on any atom is -0.324 e. The summed E-state index contributed by atoms with van der Waals surface area (Å²) in [6.45, 7) is 1.29. The monoisotopic (exact) mass is 420 g/mol. The van der Waals surface area contributed by atoms with E-state index < -0.39 is 0 Å². The Morgan fingerprint density at radius 1 is 1.36 bits per heavy atom. The molecule has 3 N–H and O–H groups in total. The lowest BCUT2D eigenvalue weighted by atomic mass is 10.2. The number of imidazole rings is 1. The molecule has 0 radical (unpaired) electrons. The number of amides is 1. The van der Waals surface area contributed by atoms with Crippen LogP contribution in [0.25, 0.3) is 11.0 Å². The number of carbonyl (C=O) groups excluding carboxylic acids is 1. The van der Waals surface area contributed by atoms with Crippen LogP contribution in [0.4, 0.5) is 5.69 Å². The molecule has 0 saturated carbocycles. The standard InChI is InChI=1S/C17H17BrN4O2S/c18-10-7-12-13(21-17(24)20-12)8-11(10)19-16(23)9-22-5-1-3-14(22)15-4-2-6-25-15/h2,4,6-8,14H,1,3,5,9H2,(H,19,23)(H2,20,21,24)/t14-/m1/s1. The summed E-state index contributed by atoms with van der Waals surface area (Å²) in [7, 11) is 0. The number of aromatic amines is 2. The molecular weight excluding hydrogens is 404 g/mol. The molecule has 25 heavy (non-hydrogen) atoms. The third kappa shape index (κ3) is 3.42. The zero-order valence-corrected chi connectivity index (χ0v) is 15.7. The summed E-state index contributed by atoms with van der Waals surface area (Å²) in [5, 5.41) is 5.02. The predicted octanol–water partition coefficient (Wildman–Crippen LogP) is 3.46. The maximum absolute atomic E-state index is 12.5. The van der Waals surface area contributed by atoms with Gasteiger partial charge in [-0.1, -0.05) is 6.07 Å². The number of nitrogens with zero attached hydrogens (tertiary/aromatic N) is 1. The molecule has 3 heterocycles. The number of rotatable bonds is 4. The molecule has 1 aromatic carbocycles. The maximum atomic E-state index is 12.5. The molecule has 1 fully saturated rings. The Bertz CT molecular complexity index is 963. The van der Waals surface area contributed by atoms with Gasteiger partial charge in [-0.2, -0.15) is 0 Å². The van der Waals surface area contributed by atoms with Crippen LogP contribution in [0.15, 0.2) is 38.9 Å². The van der Waals surface area contributed by atoms with E-state index in [1.54, 1.807) is 23.5 Å². The largest absolute Gasteiger partial charge is 0.324 e. The van der Waals surface area contributed by atoms with Crippen molar-refractivity contribution in [2.45, 2.75) is 18.9 Å². The van der Waals surface area contributed by atoms with Crippen molar-refractivity contribution in [3.63, 3.8) is 0 Å². The Kier molecular flexibility index (Phi) is 4.49. The highest BCUT2D eigenvalue weighted by atomic mass is 79.9. The second-order valence-electron chi connectivity index (χ2n) is 6.15. The molecule has 1 aliphatic heterocycles. The first-order chi connectivity index (χ1) is 12.1. The molecule has 4 rings (SSSR count). The summed E-state index contributed by atoms with van der Waals surface area (Å²) in [6, 6.07) is 8.07. The van der Waals surface area contributed by atoms with Gasteiger partial charge in [0.2, 0.25) is 5.91 Å². The molecule has 3 aromatic rings. The van der Waals surface area contributed by atoms with Gasteiger partial charge in [-0.25, -0.2) is 4.79 Å². The number of carbonyl (C=O) groups is 1. The van der Waals surface area contributed by atoms with Crippen molar-refractivity contribution in [3.05, 3.63) is 49.5 Å². The van der Waals surface area contributed by atoms with E-state index in [1.807, 2.05) is 0 Å². The SMILES string of the molecule is O=C(CN1CCC[C@@H]1c1cccs1)Nc1cc2[nH]c(=O)[nH]c2cc1Br. The van der Waals surface area contributed by atoms with E-state index >= 15 is 0 Å². The van der Waals surface area contributed by atoms with Crippen LogP contribution in [0, 0.1) is 0 Å². The molecule has 1 aliphatic rings. The summed E-state index contributed by atoms with van der Waals surface area (Å²) in [5.74, 6) is -0.0543. The number of thiophene rings is 1. The number of benzene rings is 1. The van der Waals surface area contributed by atoms with Gasteiger partial charge in [-0.05, 0) is 58.9 Å². The van der Waals surface area contributed by atoms with Gasteiger partial charge in [0.15, 0.2) is 0 Å². The molecular formula is C17H17BrN4O2S. The summed E-state index contributed by atoms with van der Waals surface area (Å²) < 4.78 is 0.736. The molecule has 1 atom stereocenters. The fourth-order valence-electron chi connectivity index (χ4n) is 3.34. The van der Waals surface area contributed by atoms with Crippen LogP contribution >= 0.6 is 27.3 Å². The van der Waals surface area contributed by atoms with Crippen LogP contribution in [-0.2, 0) is 4.79 Å². The van der Waals surface area contributed by atoms with Gasteiger partial charge >= 0.3 is 5.69 Å². The Morgan fingerprint density at radius 3 is 2.92 bits per heavy atom. The zero-order valence-electron chi connectivity index (χ0n) is 13.3. The second-order valence-corrected chi connectivity index (χ2v) is 7.98. The van der Waals surface area contributed by atoms with Gasteiger partial charge in [0.05, 0.1) is 23.3 Å². The highest BCUT2D eigenvalue weighted by Crippen LogP contribution is 2.34. The fourth-order valence-corrected chi connectivity index (χ4v) is 4.68. The van der Waals surface area contributed by atoms with Gasteiger partial charge in [-0.15, -0.1) is 11.3 Å². The van der Waals surface area contributed by atoms with Gasteiger partial charge in [0.25, 0.3) is 0 Å². The molecule has 0 spiro atoms. The normalized spacial score (nSPS) is 18.0. The second kappa shape index (κ2) is 6.78. The van der Waals surface area contributed by atoms with Crippen LogP contribution in [-0.4, -0.2) is 33.9 Å². The third-order valence-electron chi connectivity index (χ3n) is 4.46. The number of hydrogen-bond donors (Lipinski definition) is 3. The van der Waals surface area contributed by atoms with E-state index in [0.29, 0.717) is 29.3 Å². The van der Waals surface area contributed by atoms with Gasteiger partial charge in [-0.3, -0.25) is 9.69 Å². The highest BCUT2D eigenvalue weighted by molar-refractivity contribution is 9.10. The van der Waals surface area contributed by atoms with Gasteiger partial charge in [0, 0.05) is 15.4 Å². The molecule has 2 aromatic heterocycles. The average Bonchev–Trinajstić information content (AvgIpc) is 3.27. The minimum atomic E-state index is -0.263. The van der Waals surface area contributed by atoms with Gasteiger partial charge < -0.3 is 15.3 Å². The first-order valence-electron chi connectivity index (χ1n) is 8.09. The summed E-state index contributed by atoms with van der Waals surface area (Å²) >= 11 is 5.19. The van der Waals surface area contributed by atoms with Crippen LogP contribution in [0.5, 0.6) is 0 Å². The van der Waals surface area contributed by atoms with Crippen LogP contribution in [0.3, 0.4) is 0 Å². The Balaban J connectivity index is 1.48. The average molecular weight is 421 g/mol. The van der Waals surface area contributed by atoms with Gasteiger partial charge in [0.1, 0.15) is 0 Å². The van der Waals surface area contributed by atoms with E-state index in [4.69, 9.17) is 0 Å². The third-order valence-corrected chi connectivity index (χ3v) is 6.09. The molecule has 6 nitrogen and oxygen atoms in total. The first-order valence-corrected chi connectivity index (χ1v) is 9.76. The van der Waals surface area contributed by atoms with Crippen molar-refractivity contribution in [1.82, 2.24) is 14.9 Å². The lowest BCUT2D eigenvalue weighted by Crippen LogP contribution is -2.32. The predicted molar refractivity (Wildman–Crippen MR) is 103 cm³/mol. The first kappa shape index (κ1) is 16.6. The van der Waals surface area contributed by atoms with E-state index in [2.05, 4.69) is 53.6 Å². The lowest BCUT2D eigenvalue weighted by Gasteiger charge is -2.23. The van der Waals surface area contributed by atoms with Crippen molar-refractivity contribution >= 4 is 49.9 Å². The Labute approximate surface area is 156 Å². The molecule has 130 valence electrons. The van der Waals surface area contributed by atoms with Crippen LogP contribution in [0.2, 0.25) is 0 Å². The maximum Gasteiger partial charge on any atom is 0.323 e. The summed E-state index contributed by atoms with van der Waals surface area (Å²) in [5.41, 5.74) is 1.76. The van der Waals surface area contributed by atoms with Crippen molar-refractivity contribution in [2.24, 2.45) is 0 Å². The number of likely N-dealkylation sites (tertiary alicyclic amines) is 1. The summed E-state index contributed by atoms with van der Waals surface area (Å²) in [6.07, 6.45) is 2.20. The Morgan fingerprint density at radius 2 is 2.16 bits per heavy atom. The molecule has 1 saturated heterocycles. The smallest absolute Gasteiger partial charge is 0.323 e. The number of fused-ring (bicyclic) bond motifs is 1. The fraction of sp³-hybridized carbons (Fsp3) is 0.294. The minimum absolute atomic E-state index is 0.0543. The lowest BCUT2D eigenvalue weighted by molar-refractivity contribution is -0.117. The zero-order chi connectivity index (χ0) is 17.4. The highest BCUT2D eigenvalue weighted by Gasteiger charge is 2.28. The topological polar surface area (TPSA) is 81.0 Å². The van der Waals surface area contributed by atoms with Crippen molar-refractivity contribution in [1.29, 1.82) is 0 Å². The van der Waals surface area contributed by atoms with Crippen LogP contribution in [0.1, 0.15) is 23.8 Å². The molecule has 0 bridgehead atoms. The van der Waals surface area contributed by atoms with Crippen LogP contribution < -0.4 is 11.0 Å². The van der Waals surface area contributed by atoms with Crippen molar-refractivity contribution < 1.29 is 4.79 Å². The number of hydrogen-bond acceptors (Lipinski definition) is 4. The number of nitrogens with one attached hydrogen (secondary N) is 3. The van der Waals surface area contributed by atoms with E-state index in [-0.39, 0.29) is 11.6 Å². The van der Waals surface area contributed by atoms with Crippen molar-refractivity contribution in [2.75, 3.05) is 18.4 Å². The number of anilines is 1. The number of halogens is 1. The van der Waals surface area contributed by atoms with E-state index in [9.17, 15) is 9.59 Å². The van der Waals surface area contributed by atoms with E-state index in [0.717, 1.165) is 23.9 Å². The van der Waals surface area contributed by atoms with Crippen molar-refractivity contribution in [3.8, 4) is 0 Å². The molecule has 8 heteroatoms. The quantitative estimate of drug-likeness (QED) is 0.604. The van der Waals surface area contributed by atoms with E-state index in [1.165, 1.54) is 4.88 Å². The molecule has 1 amide bonds. The number of H-pyrrole nitrogens is 2. The summed E-state index contributed by atoms with van der Waals surface area (Å²) in [4.78, 5) is 32.9. The number of aromatic nitrogens is 2.